The first-order chi connectivity index (χ1) is 13.2. The number of nitrogens with zero attached hydrogens (tertiary/aromatic N) is 1. The molecule has 0 radical (unpaired) electrons. The van der Waals surface area contributed by atoms with Gasteiger partial charge in [0.25, 0.3) is 0 Å². The average Bonchev–Trinajstić information content (AvgIpc) is 3.15. The minimum atomic E-state index is -3.97. The highest BCUT2D eigenvalue weighted by Crippen LogP contribution is 2.26. The van der Waals surface area contributed by atoms with Crippen molar-refractivity contribution in [2.75, 3.05) is 0 Å². The lowest BCUT2D eigenvalue weighted by Crippen LogP contribution is -2.11. The maximum Gasteiger partial charge on any atom is 0.238 e. The first kappa shape index (κ1) is 19.6. The summed E-state index contributed by atoms with van der Waals surface area (Å²) in [5, 5.41) is 14.4. The highest BCUT2D eigenvalue weighted by molar-refractivity contribution is 7.95. The predicted octanol–water partition coefficient (Wildman–Crippen LogP) is 2.93. The van der Waals surface area contributed by atoms with Gasteiger partial charge < -0.3 is 4.42 Å². The van der Waals surface area contributed by atoms with Crippen LogP contribution in [-0.2, 0) is 19.9 Å². The van der Waals surface area contributed by atoms with Crippen LogP contribution in [0, 0.1) is 11.3 Å². The molecular weight excluding hydrogens is 400 g/mol. The standard InChI is InChI=1S/C19H14N2O5S2/c20-13-18(27(22,23)16-4-2-1-3-5-16)12-15-8-11-19(26-15)14-6-9-17(10-7-14)28(21,24)25/h1-12H,(H2,21,24,25)/b18-12-. The number of furan rings is 1. The normalized spacial score (nSPS) is 12.5. The molecular formula is C19H14N2O5S2. The Morgan fingerprint density at radius 1 is 0.893 bits per heavy atom. The number of primary sulfonamides is 1. The molecule has 0 aliphatic carbocycles. The lowest BCUT2D eigenvalue weighted by molar-refractivity contribution is 0.571. The number of sulfone groups is 1. The number of hydrogen-bond acceptors (Lipinski definition) is 6. The van der Waals surface area contributed by atoms with E-state index in [-0.39, 0.29) is 15.6 Å². The molecule has 3 aromatic rings. The third-order valence-electron chi connectivity index (χ3n) is 3.82. The molecule has 0 aliphatic heterocycles. The Balaban J connectivity index is 1.94. The molecule has 0 atom stereocenters. The SMILES string of the molecule is N#C/C(=C/c1ccc(-c2ccc(S(N)(=O)=O)cc2)o1)S(=O)(=O)c1ccccc1. The number of rotatable bonds is 5. The van der Waals surface area contributed by atoms with Crippen LogP contribution < -0.4 is 5.14 Å². The van der Waals surface area contributed by atoms with Gasteiger partial charge in [0.2, 0.25) is 19.9 Å². The molecule has 0 saturated heterocycles. The number of hydrogen-bond donors (Lipinski definition) is 1. The van der Waals surface area contributed by atoms with Gasteiger partial charge in [0, 0.05) is 11.6 Å². The summed E-state index contributed by atoms with van der Waals surface area (Å²) in [6, 6.07) is 18.1. The summed E-state index contributed by atoms with van der Waals surface area (Å²) < 4.78 is 53.4. The number of sulfonamides is 1. The maximum atomic E-state index is 12.6. The van der Waals surface area contributed by atoms with Crippen LogP contribution in [0.1, 0.15) is 5.76 Å². The molecule has 9 heteroatoms. The zero-order chi connectivity index (χ0) is 20.4. The summed E-state index contributed by atoms with van der Waals surface area (Å²) in [5.74, 6) is 0.545. The molecule has 28 heavy (non-hydrogen) atoms. The van der Waals surface area contributed by atoms with Crippen molar-refractivity contribution in [1.82, 2.24) is 0 Å². The van der Waals surface area contributed by atoms with Gasteiger partial charge in [-0.1, -0.05) is 18.2 Å². The largest absolute Gasteiger partial charge is 0.457 e. The zero-order valence-electron chi connectivity index (χ0n) is 14.3. The van der Waals surface area contributed by atoms with Crippen LogP contribution in [0.5, 0.6) is 0 Å². The molecule has 0 saturated carbocycles. The molecule has 1 heterocycles. The van der Waals surface area contributed by atoms with Gasteiger partial charge in [-0.2, -0.15) is 5.26 Å². The molecule has 2 N–H and O–H groups in total. The van der Waals surface area contributed by atoms with Crippen LogP contribution in [0.25, 0.3) is 17.4 Å². The number of benzene rings is 2. The second kappa shape index (κ2) is 7.44. The summed E-state index contributed by atoms with van der Waals surface area (Å²) in [5.41, 5.74) is 0.566. The van der Waals surface area contributed by atoms with Gasteiger partial charge in [0.15, 0.2) is 4.91 Å². The minimum absolute atomic E-state index is 0.00756. The second-order valence-corrected chi connectivity index (χ2v) is 9.19. The van der Waals surface area contributed by atoms with Crippen LogP contribution in [0.15, 0.2) is 85.8 Å². The van der Waals surface area contributed by atoms with E-state index in [2.05, 4.69) is 0 Å². The molecule has 0 aliphatic rings. The van der Waals surface area contributed by atoms with E-state index in [1.807, 2.05) is 0 Å². The Morgan fingerprint density at radius 3 is 2.11 bits per heavy atom. The van der Waals surface area contributed by atoms with Gasteiger partial charge in [-0.15, -0.1) is 0 Å². The van der Waals surface area contributed by atoms with Gasteiger partial charge in [0.1, 0.15) is 17.6 Å². The van der Waals surface area contributed by atoms with E-state index in [4.69, 9.17) is 9.56 Å². The monoisotopic (exact) mass is 414 g/mol. The fraction of sp³-hybridized carbons (Fsp3) is 0. The molecule has 3 rings (SSSR count). The van der Waals surface area contributed by atoms with Crippen molar-refractivity contribution in [3.05, 3.63) is 77.4 Å². The van der Waals surface area contributed by atoms with E-state index in [1.54, 1.807) is 30.3 Å². The van der Waals surface area contributed by atoms with Crippen LogP contribution in [0.3, 0.4) is 0 Å². The quantitative estimate of drug-likeness (QED) is 0.639. The highest BCUT2D eigenvalue weighted by Gasteiger charge is 2.21. The summed E-state index contributed by atoms with van der Waals surface area (Å²) in [6.07, 6.45) is 1.14. The van der Waals surface area contributed by atoms with Crippen molar-refractivity contribution in [2.45, 2.75) is 9.79 Å². The van der Waals surface area contributed by atoms with E-state index >= 15 is 0 Å². The van der Waals surface area contributed by atoms with Gasteiger partial charge in [-0.05, 0) is 48.5 Å². The molecule has 0 amide bonds. The summed E-state index contributed by atoms with van der Waals surface area (Å²) >= 11 is 0. The molecule has 2 aromatic carbocycles. The topological polar surface area (TPSA) is 131 Å². The smallest absolute Gasteiger partial charge is 0.238 e. The lowest BCUT2D eigenvalue weighted by atomic mass is 10.2. The highest BCUT2D eigenvalue weighted by atomic mass is 32.2. The summed E-state index contributed by atoms with van der Waals surface area (Å²) in [4.78, 5) is -0.485. The number of allylic oxidation sites excluding steroid dienone is 1. The summed E-state index contributed by atoms with van der Waals surface area (Å²) in [6.45, 7) is 0. The molecule has 142 valence electrons. The Hall–Kier alpha value is -3.19. The first-order valence-electron chi connectivity index (χ1n) is 7.87. The van der Waals surface area contributed by atoms with Crippen LogP contribution >= 0.6 is 0 Å². The van der Waals surface area contributed by atoms with Crippen LogP contribution in [-0.4, -0.2) is 16.8 Å². The molecule has 1 aromatic heterocycles. The van der Waals surface area contributed by atoms with E-state index in [1.165, 1.54) is 42.5 Å². The number of nitriles is 1. The van der Waals surface area contributed by atoms with Crippen molar-refractivity contribution < 1.29 is 21.3 Å². The van der Waals surface area contributed by atoms with Crippen LogP contribution in [0.2, 0.25) is 0 Å². The molecule has 0 fully saturated rings. The fourth-order valence-electron chi connectivity index (χ4n) is 2.42. The third kappa shape index (κ3) is 4.04. The Labute approximate surface area is 162 Å². The zero-order valence-corrected chi connectivity index (χ0v) is 15.9. The maximum absolute atomic E-state index is 12.6. The molecule has 7 nitrogen and oxygen atoms in total. The lowest BCUT2D eigenvalue weighted by Gasteiger charge is -2.02. The van der Waals surface area contributed by atoms with Gasteiger partial charge >= 0.3 is 0 Å². The fourth-order valence-corrected chi connectivity index (χ4v) is 4.10. The summed E-state index contributed by atoms with van der Waals surface area (Å²) in [7, 11) is -7.77. The number of nitrogens with two attached hydrogens (primary N) is 1. The Bertz CT molecular complexity index is 1280. The Kier molecular flexibility index (Phi) is 5.20. The van der Waals surface area contributed by atoms with Crippen molar-refractivity contribution in [1.29, 1.82) is 5.26 Å². The average molecular weight is 414 g/mol. The predicted molar refractivity (Wildman–Crippen MR) is 103 cm³/mol. The third-order valence-corrected chi connectivity index (χ3v) is 6.43. The minimum Gasteiger partial charge on any atom is -0.457 e. The van der Waals surface area contributed by atoms with Gasteiger partial charge in [-0.3, -0.25) is 0 Å². The van der Waals surface area contributed by atoms with Crippen molar-refractivity contribution >= 4 is 25.9 Å². The van der Waals surface area contributed by atoms with E-state index in [0.29, 0.717) is 11.3 Å². The van der Waals surface area contributed by atoms with Crippen molar-refractivity contribution in [3.8, 4) is 17.4 Å². The molecule has 0 spiro atoms. The van der Waals surface area contributed by atoms with Gasteiger partial charge in [-0.25, -0.2) is 22.0 Å². The van der Waals surface area contributed by atoms with E-state index < -0.39 is 24.8 Å². The molecule has 0 bridgehead atoms. The first-order valence-corrected chi connectivity index (χ1v) is 10.9. The Morgan fingerprint density at radius 2 is 1.54 bits per heavy atom. The molecule has 0 unspecified atom stereocenters. The van der Waals surface area contributed by atoms with Gasteiger partial charge in [0.05, 0.1) is 9.79 Å². The van der Waals surface area contributed by atoms with Crippen molar-refractivity contribution in [3.63, 3.8) is 0 Å². The van der Waals surface area contributed by atoms with Crippen LogP contribution in [0.4, 0.5) is 0 Å². The second-order valence-electron chi connectivity index (χ2n) is 5.71. The van der Waals surface area contributed by atoms with E-state index in [9.17, 15) is 22.1 Å². The van der Waals surface area contributed by atoms with Crippen molar-refractivity contribution in [2.24, 2.45) is 5.14 Å². The van der Waals surface area contributed by atoms with E-state index in [0.717, 1.165) is 6.08 Å².